The van der Waals surface area contributed by atoms with Gasteiger partial charge in [0.05, 0.1) is 44.1 Å². The molecule has 0 bridgehead atoms. The van der Waals surface area contributed by atoms with Crippen LogP contribution < -0.4 is 20.5 Å². The Morgan fingerprint density at radius 3 is 2.00 bits per heavy atom. The van der Waals surface area contributed by atoms with Gasteiger partial charge in [-0.1, -0.05) is 11.6 Å². The molecule has 1 amide bonds. The van der Waals surface area contributed by atoms with Gasteiger partial charge in [0.25, 0.3) is 5.91 Å². The van der Waals surface area contributed by atoms with Crippen LogP contribution in [0, 0.1) is 0 Å². The lowest BCUT2D eigenvalue weighted by atomic mass is 10.1. The molecule has 0 aliphatic rings. The van der Waals surface area contributed by atoms with E-state index in [1.807, 2.05) is 13.8 Å². The van der Waals surface area contributed by atoms with E-state index in [0.717, 1.165) is 0 Å². The maximum absolute atomic E-state index is 12.3. The molecule has 0 aliphatic carbocycles. The predicted molar refractivity (Wildman–Crippen MR) is 140 cm³/mol. The topological polar surface area (TPSA) is 139 Å². The number of esters is 2. The molecule has 37 heavy (non-hydrogen) atoms. The Balaban J connectivity index is 0.000000294. The number of nitrogen functional groups attached to an aromatic ring is 1. The Bertz CT molecular complexity index is 1250. The number of carbonyl (C=O) groups excluding carboxylic acids is 3. The molecule has 10 nitrogen and oxygen atoms in total. The molecule has 11 heteroatoms. The summed E-state index contributed by atoms with van der Waals surface area (Å²) in [6, 6.07) is 12.6. The van der Waals surface area contributed by atoms with Gasteiger partial charge in [0.2, 0.25) is 0 Å². The third kappa shape index (κ3) is 8.69. The SMILES string of the molecule is CCOc1cc(N)cc(C(=O)OC)c1.CCOc1cc(NC(=O)c2cccnc2Cl)cc(C(=O)OC)c1. The fourth-order valence-electron chi connectivity index (χ4n) is 3.02. The molecule has 0 aliphatic heterocycles. The number of anilines is 2. The first kappa shape index (κ1) is 28.9. The molecule has 0 radical (unpaired) electrons. The van der Waals surface area contributed by atoms with Crippen molar-refractivity contribution in [2.45, 2.75) is 13.8 Å². The molecule has 1 heterocycles. The van der Waals surface area contributed by atoms with Gasteiger partial charge in [0.15, 0.2) is 0 Å². The van der Waals surface area contributed by atoms with E-state index in [1.54, 1.807) is 42.5 Å². The fraction of sp³-hybridized carbons (Fsp3) is 0.231. The van der Waals surface area contributed by atoms with Crippen molar-refractivity contribution >= 4 is 40.8 Å². The quantitative estimate of drug-likeness (QED) is 0.243. The monoisotopic (exact) mass is 529 g/mol. The van der Waals surface area contributed by atoms with Crippen LogP contribution >= 0.6 is 11.6 Å². The standard InChI is InChI=1S/C16H15ClN2O4.C10H13NO3/c1-3-23-12-8-10(16(21)22-2)7-11(9-12)19-15(20)13-5-4-6-18-14(13)17;1-3-14-9-5-7(10(12)13-2)4-8(11)6-9/h4-9H,3H2,1-2H3,(H,19,20);4-6H,3,11H2,1-2H3. The lowest BCUT2D eigenvalue weighted by molar-refractivity contribution is 0.0591. The number of hydrogen-bond donors (Lipinski definition) is 2. The van der Waals surface area contributed by atoms with Gasteiger partial charge in [0, 0.05) is 29.7 Å². The van der Waals surface area contributed by atoms with Gasteiger partial charge in [-0.05, 0) is 50.2 Å². The Morgan fingerprint density at radius 2 is 1.46 bits per heavy atom. The first-order chi connectivity index (χ1) is 17.7. The highest BCUT2D eigenvalue weighted by Gasteiger charge is 2.14. The summed E-state index contributed by atoms with van der Waals surface area (Å²) in [4.78, 5) is 39.0. The van der Waals surface area contributed by atoms with Gasteiger partial charge in [-0.15, -0.1) is 0 Å². The zero-order chi connectivity index (χ0) is 27.4. The minimum atomic E-state index is -0.526. The van der Waals surface area contributed by atoms with Crippen molar-refractivity contribution in [1.29, 1.82) is 0 Å². The van der Waals surface area contributed by atoms with Gasteiger partial charge in [-0.2, -0.15) is 0 Å². The molecule has 0 spiro atoms. The summed E-state index contributed by atoms with van der Waals surface area (Å²) in [7, 11) is 2.61. The average Bonchev–Trinajstić information content (AvgIpc) is 2.88. The van der Waals surface area contributed by atoms with E-state index >= 15 is 0 Å². The smallest absolute Gasteiger partial charge is 0.338 e. The van der Waals surface area contributed by atoms with E-state index in [4.69, 9.17) is 31.5 Å². The minimum absolute atomic E-state index is 0.0964. The van der Waals surface area contributed by atoms with Crippen molar-refractivity contribution in [3.05, 3.63) is 76.6 Å². The third-order valence-electron chi connectivity index (χ3n) is 4.56. The van der Waals surface area contributed by atoms with Crippen molar-refractivity contribution < 1.29 is 33.3 Å². The van der Waals surface area contributed by atoms with Crippen LogP contribution in [0.25, 0.3) is 0 Å². The minimum Gasteiger partial charge on any atom is -0.494 e. The Morgan fingerprint density at radius 1 is 0.892 bits per heavy atom. The van der Waals surface area contributed by atoms with Crippen LogP contribution in [0.5, 0.6) is 11.5 Å². The van der Waals surface area contributed by atoms with Crippen LogP contribution in [0.1, 0.15) is 44.9 Å². The molecule has 3 rings (SSSR count). The number of rotatable bonds is 8. The molecule has 0 atom stereocenters. The highest BCUT2D eigenvalue weighted by atomic mass is 35.5. The first-order valence-electron chi connectivity index (χ1n) is 11.1. The molecule has 2 aromatic carbocycles. The number of nitrogens with one attached hydrogen (secondary N) is 1. The predicted octanol–water partition coefficient (Wildman–Crippen LogP) is 4.63. The molecule has 0 saturated carbocycles. The number of ether oxygens (including phenoxy) is 4. The van der Waals surface area contributed by atoms with Gasteiger partial charge in [-0.25, -0.2) is 14.6 Å². The van der Waals surface area contributed by atoms with E-state index in [-0.39, 0.29) is 16.3 Å². The number of hydrogen-bond acceptors (Lipinski definition) is 9. The Hall–Kier alpha value is -4.31. The van der Waals surface area contributed by atoms with E-state index in [2.05, 4.69) is 15.0 Å². The number of pyridine rings is 1. The lowest BCUT2D eigenvalue weighted by Crippen LogP contribution is -2.14. The van der Waals surface area contributed by atoms with E-state index in [9.17, 15) is 14.4 Å². The van der Waals surface area contributed by atoms with Gasteiger partial charge < -0.3 is 30.0 Å². The second-order valence-electron chi connectivity index (χ2n) is 7.18. The molecule has 196 valence electrons. The van der Waals surface area contributed by atoms with Crippen molar-refractivity contribution in [3.8, 4) is 11.5 Å². The van der Waals surface area contributed by atoms with Gasteiger partial charge in [-0.3, -0.25) is 4.79 Å². The van der Waals surface area contributed by atoms with Crippen LogP contribution in [-0.2, 0) is 9.47 Å². The normalized spacial score (nSPS) is 9.86. The van der Waals surface area contributed by atoms with Crippen molar-refractivity contribution in [2.24, 2.45) is 0 Å². The zero-order valence-corrected chi connectivity index (χ0v) is 21.6. The lowest BCUT2D eigenvalue weighted by Gasteiger charge is -2.11. The highest BCUT2D eigenvalue weighted by Crippen LogP contribution is 2.23. The number of nitrogens with zero attached hydrogens (tertiary/aromatic N) is 1. The largest absolute Gasteiger partial charge is 0.494 e. The third-order valence-corrected chi connectivity index (χ3v) is 4.86. The molecular formula is C26H28ClN3O7. The number of carbonyl (C=O) groups is 3. The molecular weight excluding hydrogens is 502 g/mol. The van der Waals surface area contributed by atoms with Gasteiger partial charge in [0.1, 0.15) is 16.7 Å². The highest BCUT2D eigenvalue weighted by molar-refractivity contribution is 6.33. The number of amides is 1. The first-order valence-corrected chi connectivity index (χ1v) is 11.5. The molecule has 1 aromatic heterocycles. The van der Waals surface area contributed by atoms with Crippen LogP contribution in [0.4, 0.5) is 11.4 Å². The maximum Gasteiger partial charge on any atom is 0.338 e. The second kappa shape index (κ2) is 14.3. The molecule has 3 N–H and O–H groups in total. The van der Waals surface area contributed by atoms with Crippen molar-refractivity contribution in [2.75, 3.05) is 38.5 Å². The van der Waals surface area contributed by atoms with E-state index in [0.29, 0.717) is 41.7 Å². The van der Waals surface area contributed by atoms with Crippen LogP contribution in [0.15, 0.2) is 54.7 Å². The van der Waals surface area contributed by atoms with E-state index < -0.39 is 17.8 Å². The summed E-state index contributed by atoms with van der Waals surface area (Å²) >= 11 is 5.90. The molecule has 0 unspecified atom stereocenters. The summed E-state index contributed by atoms with van der Waals surface area (Å²) in [5.74, 6) is -0.358. The number of benzene rings is 2. The number of aromatic nitrogens is 1. The van der Waals surface area contributed by atoms with Crippen LogP contribution in [0.2, 0.25) is 5.15 Å². The fourth-order valence-corrected chi connectivity index (χ4v) is 3.22. The summed E-state index contributed by atoms with van der Waals surface area (Å²) in [5, 5.41) is 2.76. The Labute approximate surface area is 219 Å². The number of methoxy groups -OCH3 is 2. The van der Waals surface area contributed by atoms with E-state index in [1.165, 1.54) is 26.5 Å². The zero-order valence-electron chi connectivity index (χ0n) is 20.9. The molecule has 0 fully saturated rings. The van der Waals surface area contributed by atoms with Crippen LogP contribution in [0.3, 0.4) is 0 Å². The summed E-state index contributed by atoms with van der Waals surface area (Å²) < 4.78 is 19.9. The number of nitrogens with two attached hydrogens (primary N) is 1. The maximum atomic E-state index is 12.3. The number of halogens is 1. The average molecular weight is 530 g/mol. The summed E-state index contributed by atoms with van der Waals surface area (Å²) in [6.45, 7) is 4.63. The van der Waals surface area contributed by atoms with Crippen LogP contribution in [-0.4, -0.2) is 50.3 Å². The molecule has 3 aromatic rings. The van der Waals surface area contributed by atoms with Crippen molar-refractivity contribution in [1.82, 2.24) is 4.98 Å². The second-order valence-corrected chi connectivity index (χ2v) is 7.54. The van der Waals surface area contributed by atoms with Gasteiger partial charge >= 0.3 is 11.9 Å². The van der Waals surface area contributed by atoms with Crippen molar-refractivity contribution in [3.63, 3.8) is 0 Å². The Kier molecular flexibility index (Phi) is 11.2. The summed E-state index contributed by atoms with van der Waals surface area (Å²) in [6.07, 6.45) is 1.49. The molecule has 0 saturated heterocycles. The summed E-state index contributed by atoms with van der Waals surface area (Å²) in [5.41, 5.74) is 7.37.